The molecule has 1 aliphatic carbocycles. The molecule has 0 aromatic rings. The first-order valence-electron chi connectivity index (χ1n) is 5.47. The SMILES string of the molecule is CCC(C)(C)OC1CCCC1CN. The number of ether oxygens (including phenoxy) is 1. The summed E-state index contributed by atoms with van der Waals surface area (Å²) < 4.78 is 6.07. The zero-order valence-corrected chi connectivity index (χ0v) is 9.18. The van der Waals surface area contributed by atoms with Crippen molar-refractivity contribution in [2.45, 2.75) is 58.2 Å². The largest absolute Gasteiger partial charge is 0.372 e. The summed E-state index contributed by atoms with van der Waals surface area (Å²) >= 11 is 0. The fourth-order valence-corrected chi connectivity index (χ4v) is 1.92. The van der Waals surface area contributed by atoms with Crippen LogP contribution in [0.3, 0.4) is 0 Å². The van der Waals surface area contributed by atoms with E-state index in [9.17, 15) is 0 Å². The molecule has 1 fully saturated rings. The van der Waals surface area contributed by atoms with E-state index >= 15 is 0 Å². The lowest BCUT2D eigenvalue weighted by Crippen LogP contribution is -2.34. The molecular weight excluding hydrogens is 162 g/mol. The third kappa shape index (κ3) is 2.96. The zero-order chi connectivity index (χ0) is 9.90. The molecule has 0 amide bonds. The van der Waals surface area contributed by atoms with Crippen molar-refractivity contribution in [3.8, 4) is 0 Å². The standard InChI is InChI=1S/C11H23NO/c1-4-11(2,3)13-10-7-5-6-9(10)8-12/h9-10H,4-8,12H2,1-3H3. The molecule has 2 unspecified atom stereocenters. The van der Waals surface area contributed by atoms with Crippen LogP contribution in [-0.4, -0.2) is 18.2 Å². The first-order chi connectivity index (χ1) is 6.09. The Balaban J connectivity index is 2.43. The van der Waals surface area contributed by atoms with E-state index in [1.54, 1.807) is 0 Å². The van der Waals surface area contributed by atoms with Crippen LogP contribution in [0.2, 0.25) is 0 Å². The molecule has 0 saturated heterocycles. The summed E-state index contributed by atoms with van der Waals surface area (Å²) in [4.78, 5) is 0. The lowest BCUT2D eigenvalue weighted by molar-refractivity contribution is -0.0862. The van der Waals surface area contributed by atoms with Gasteiger partial charge in [0, 0.05) is 0 Å². The molecule has 0 radical (unpaired) electrons. The van der Waals surface area contributed by atoms with Crippen molar-refractivity contribution in [2.24, 2.45) is 11.7 Å². The van der Waals surface area contributed by atoms with Crippen LogP contribution < -0.4 is 5.73 Å². The number of hydrogen-bond acceptors (Lipinski definition) is 2. The van der Waals surface area contributed by atoms with Gasteiger partial charge in [-0.15, -0.1) is 0 Å². The lowest BCUT2D eigenvalue weighted by Gasteiger charge is -2.30. The zero-order valence-electron chi connectivity index (χ0n) is 9.18. The summed E-state index contributed by atoms with van der Waals surface area (Å²) in [6.45, 7) is 7.29. The maximum Gasteiger partial charge on any atom is 0.0627 e. The number of nitrogens with two attached hydrogens (primary N) is 1. The Labute approximate surface area is 81.8 Å². The summed E-state index contributed by atoms with van der Waals surface area (Å²) in [5.41, 5.74) is 5.73. The van der Waals surface area contributed by atoms with Crippen molar-refractivity contribution < 1.29 is 4.74 Å². The lowest BCUT2D eigenvalue weighted by atomic mass is 10.0. The van der Waals surface area contributed by atoms with Crippen molar-refractivity contribution in [1.82, 2.24) is 0 Å². The number of hydrogen-bond donors (Lipinski definition) is 1. The van der Waals surface area contributed by atoms with Crippen molar-refractivity contribution in [1.29, 1.82) is 0 Å². The molecule has 0 aromatic heterocycles. The average molecular weight is 185 g/mol. The summed E-state index contributed by atoms with van der Waals surface area (Å²) in [6.07, 6.45) is 5.22. The Kier molecular flexibility index (Phi) is 3.74. The molecule has 1 saturated carbocycles. The molecule has 0 aromatic carbocycles. The van der Waals surface area contributed by atoms with E-state index in [-0.39, 0.29) is 5.60 Å². The fraction of sp³-hybridized carbons (Fsp3) is 1.00. The molecule has 0 heterocycles. The Bertz CT molecular complexity index is 156. The van der Waals surface area contributed by atoms with Gasteiger partial charge >= 0.3 is 0 Å². The molecule has 1 rings (SSSR count). The molecule has 13 heavy (non-hydrogen) atoms. The van der Waals surface area contributed by atoms with Gasteiger partial charge in [-0.2, -0.15) is 0 Å². The summed E-state index contributed by atoms with van der Waals surface area (Å²) in [5, 5.41) is 0. The Morgan fingerprint density at radius 1 is 1.38 bits per heavy atom. The van der Waals surface area contributed by atoms with Crippen LogP contribution in [0.1, 0.15) is 46.5 Å². The van der Waals surface area contributed by atoms with Gasteiger partial charge in [0.1, 0.15) is 0 Å². The molecule has 2 heteroatoms. The average Bonchev–Trinajstić information content (AvgIpc) is 2.51. The van der Waals surface area contributed by atoms with E-state index in [1.807, 2.05) is 0 Å². The highest BCUT2D eigenvalue weighted by Crippen LogP contribution is 2.31. The van der Waals surface area contributed by atoms with Gasteiger partial charge in [-0.25, -0.2) is 0 Å². The quantitative estimate of drug-likeness (QED) is 0.729. The molecule has 0 spiro atoms. The molecule has 0 aliphatic heterocycles. The first kappa shape index (κ1) is 11.0. The summed E-state index contributed by atoms with van der Waals surface area (Å²) in [7, 11) is 0. The van der Waals surface area contributed by atoms with Crippen LogP contribution in [0.15, 0.2) is 0 Å². The second-order valence-corrected chi connectivity index (χ2v) is 4.70. The monoisotopic (exact) mass is 185 g/mol. The van der Waals surface area contributed by atoms with E-state index in [0.717, 1.165) is 13.0 Å². The van der Waals surface area contributed by atoms with Gasteiger partial charge in [-0.3, -0.25) is 0 Å². The Morgan fingerprint density at radius 3 is 2.62 bits per heavy atom. The minimum absolute atomic E-state index is 0.0302. The summed E-state index contributed by atoms with van der Waals surface area (Å²) in [5.74, 6) is 0.603. The van der Waals surface area contributed by atoms with E-state index in [2.05, 4.69) is 20.8 Å². The van der Waals surface area contributed by atoms with Gasteiger partial charge in [0.15, 0.2) is 0 Å². The molecule has 2 nitrogen and oxygen atoms in total. The van der Waals surface area contributed by atoms with Crippen LogP contribution in [0, 0.1) is 5.92 Å². The van der Waals surface area contributed by atoms with E-state index in [4.69, 9.17) is 10.5 Å². The van der Waals surface area contributed by atoms with E-state index in [1.165, 1.54) is 19.3 Å². The molecule has 78 valence electrons. The normalized spacial score (nSPS) is 29.5. The third-order valence-corrected chi connectivity index (χ3v) is 3.21. The summed E-state index contributed by atoms with van der Waals surface area (Å²) in [6, 6.07) is 0. The number of rotatable bonds is 4. The van der Waals surface area contributed by atoms with Gasteiger partial charge in [0.05, 0.1) is 11.7 Å². The maximum atomic E-state index is 6.07. The topological polar surface area (TPSA) is 35.2 Å². The van der Waals surface area contributed by atoms with Gasteiger partial charge in [0.2, 0.25) is 0 Å². The van der Waals surface area contributed by atoms with Crippen LogP contribution in [-0.2, 0) is 4.74 Å². The van der Waals surface area contributed by atoms with E-state index in [0.29, 0.717) is 12.0 Å². The molecular formula is C11H23NO. The Morgan fingerprint density at radius 2 is 2.08 bits per heavy atom. The highest BCUT2D eigenvalue weighted by molar-refractivity contribution is 4.81. The molecule has 1 aliphatic rings. The van der Waals surface area contributed by atoms with Crippen LogP contribution >= 0.6 is 0 Å². The predicted octanol–water partition coefficient (Wildman–Crippen LogP) is 2.32. The van der Waals surface area contributed by atoms with Gasteiger partial charge < -0.3 is 10.5 Å². The van der Waals surface area contributed by atoms with Gasteiger partial charge in [-0.1, -0.05) is 13.3 Å². The second kappa shape index (κ2) is 4.43. The Hall–Kier alpha value is -0.0800. The predicted molar refractivity (Wildman–Crippen MR) is 55.6 cm³/mol. The minimum Gasteiger partial charge on any atom is -0.372 e. The van der Waals surface area contributed by atoms with Crippen molar-refractivity contribution in [3.05, 3.63) is 0 Å². The van der Waals surface area contributed by atoms with Gasteiger partial charge in [-0.05, 0) is 45.6 Å². The minimum atomic E-state index is 0.0302. The molecule has 2 atom stereocenters. The maximum absolute atomic E-state index is 6.07. The van der Waals surface area contributed by atoms with Crippen LogP contribution in [0.5, 0.6) is 0 Å². The van der Waals surface area contributed by atoms with Crippen LogP contribution in [0.25, 0.3) is 0 Å². The smallest absolute Gasteiger partial charge is 0.0627 e. The highest BCUT2D eigenvalue weighted by Gasteiger charge is 2.31. The van der Waals surface area contributed by atoms with E-state index < -0.39 is 0 Å². The van der Waals surface area contributed by atoms with Crippen LogP contribution in [0.4, 0.5) is 0 Å². The van der Waals surface area contributed by atoms with Crippen molar-refractivity contribution in [2.75, 3.05) is 6.54 Å². The fourth-order valence-electron chi connectivity index (χ4n) is 1.92. The van der Waals surface area contributed by atoms with Crippen molar-refractivity contribution in [3.63, 3.8) is 0 Å². The van der Waals surface area contributed by atoms with Crippen molar-refractivity contribution >= 4 is 0 Å². The second-order valence-electron chi connectivity index (χ2n) is 4.70. The first-order valence-corrected chi connectivity index (χ1v) is 5.47. The highest BCUT2D eigenvalue weighted by atomic mass is 16.5. The third-order valence-electron chi connectivity index (χ3n) is 3.21. The molecule has 0 bridgehead atoms. The molecule has 2 N–H and O–H groups in total. The van der Waals surface area contributed by atoms with Gasteiger partial charge in [0.25, 0.3) is 0 Å².